The summed E-state index contributed by atoms with van der Waals surface area (Å²) in [6, 6.07) is 0. The molecule has 0 aromatic rings. The molecule has 0 amide bonds. The third kappa shape index (κ3) is 6.38. The van der Waals surface area contributed by atoms with Gasteiger partial charge in [-0.05, 0) is 23.6 Å². The molecule has 0 aliphatic carbocycles. The molecule has 7 heteroatoms. The van der Waals surface area contributed by atoms with Gasteiger partial charge in [-0.2, -0.15) is 4.94 Å². The van der Waals surface area contributed by atoms with E-state index < -0.39 is 0 Å². The van der Waals surface area contributed by atoms with Crippen LogP contribution in [0.2, 0.25) is 0 Å². The van der Waals surface area contributed by atoms with Gasteiger partial charge >= 0.3 is 0 Å². The van der Waals surface area contributed by atoms with E-state index in [1.54, 1.807) is 0 Å². The van der Waals surface area contributed by atoms with Gasteiger partial charge in [0.05, 0.1) is 0 Å². The van der Waals surface area contributed by atoms with Crippen LogP contribution in [0.3, 0.4) is 0 Å². The van der Waals surface area contributed by atoms with Crippen LogP contribution in [0.4, 0.5) is 0 Å². The van der Waals surface area contributed by atoms with Gasteiger partial charge in [-0.3, -0.25) is 0 Å². The Morgan fingerprint density at radius 2 is 1.43 bits per heavy atom. The van der Waals surface area contributed by atoms with Crippen LogP contribution in [-0.2, 0) is 4.94 Å². The summed E-state index contributed by atoms with van der Waals surface area (Å²) in [5.74, 6) is 0. The first-order valence-corrected chi connectivity index (χ1v) is 2.04. The van der Waals surface area contributed by atoms with Gasteiger partial charge in [0.15, 0.2) is 0 Å². The van der Waals surface area contributed by atoms with Crippen molar-refractivity contribution in [1.29, 1.82) is 0 Å². The Hall–Kier alpha value is 0.380. The van der Waals surface area contributed by atoms with Gasteiger partial charge in [-0.25, -0.2) is 0 Å². The van der Waals surface area contributed by atoms with E-state index in [2.05, 4.69) is 4.94 Å². The lowest BCUT2D eigenvalue weighted by molar-refractivity contribution is -0.0587. The van der Waals surface area contributed by atoms with Gasteiger partial charge in [-0.1, -0.05) is 0 Å². The fraction of sp³-hybridized carbons (Fsp3) is 0. The second kappa shape index (κ2) is 6.38. The van der Waals surface area contributed by atoms with Crippen molar-refractivity contribution < 1.29 is 4.94 Å². The average Bonchev–Trinajstić information content (AvgIpc) is 1.69. The Morgan fingerprint density at radius 3 is 1.71 bits per heavy atom. The highest BCUT2D eigenvalue weighted by Crippen LogP contribution is 1.53. The van der Waals surface area contributed by atoms with Crippen molar-refractivity contribution in [2.24, 2.45) is 0 Å². The second-order valence-corrected chi connectivity index (χ2v) is 0.873. The zero-order chi connectivity index (χ0) is 5.54. The summed E-state index contributed by atoms with van der Waals surface area (Å²) < 4.78 is 0. The number of hydrogen-bond acceptors (Lipinski definition) is 5. The summed E-state index contributed by atoms with van der Waals surface area (Å²) in [6.45, 7) is 0. The molecular formula is H4Cl2N4O. The maximum Gasteiger partial charge on any atom is -0.00668 e. The molecule has 0 radical (unpaired) electrons. The largest absolute Gasteiger partial charge is 0.182 e. The van der Waals surface area contributed by atoms with E-state index in [1.165, 1.54) is 0 Å². The molecule has 0 saturated heterocycles. The van der Waals surface area contributed by atoms with Crippen LogP contribution >= 0.6 is 23.6 Å². The van der Waals surface area contributed by atoms with Crippen LogP contribution in [0.15, 0.2) is 0 Å². The van der Waals surface area contributed by atoms with Gasteiger partial charge in [0.1, 0.15) is 0 Å². The molecule has 0 atom stereocenters. The lowest BCUT2D eigenvalue weighted by Crippen LogP contribution is -2.35. The molecule has 44 valence electrons. The molecule has 0 spiro atoms. The summed E-state index contributed by atoms with van der Waals surface area (Å²) in [7, 11) is 0. The quantitative estimate of drug-likeness (QED) is 0.241. The van der Waals surface area contributed by atoms with E-state index in [0.717, 1.165) is 0 Å². The number of halogens is 2. The van der Waals surface area contributed by atoms with Crippen LogP contribution in [-0.4, -0.2) is 0 Å². The predicted molar refractivity (Wildman–Crippen MR) is 25.3 cm³/mol. The summed E-state index contributed by atoms with van der Waals surface area (Å²) in [6.07, 6.45) is 0. The summed E-state index contributed by atoms with van der Waals surface area (Å²) in [4.78, 5) is 8.03. The minimum absolute atomic E-state index is 1.94. The third-order valence-corrected chi connectivity index (χ3v) is 0.334. The van der Waals surface area contributed by atoms with Crippen molar-refractivity contribution >= 4 is 23.6 Å². The average molecular weight is 147 g/mol. The minimum atomic E-state index is 1.94. The molecule has 0 bridgehead atoms. The fourth-order valence-corrected chi connectivity index (χ4v) is 0.141. The van der Waals surface area contributed by atoms with Crippen molar-refractivity contribution in [2.75, 3.05) is 0 Å². The van der Waals surface area contributed by atoms with Crippen LogP contribution in [0.1, 0.15) is 0 Å². The monoisotopic (exact) mass is 146 g/mol. The Kier molecular flexibility index (Phi) is 6.73. The highest BCUT2D eigenvalue weighted by atomic mass is 35.5. The van der Waals surface area contributed by atoms with Gasteiger partial charge in [0.25, 0.3) is 0 Å². The Balaban J connectivity index is 2.45. The first-order chi connectivity index (χ1) is 3.41. The highest BCUT2D eigenvalue weighted by Gasteiger charge is 1.73. The maximum atomic E-state index is 4.84. The zero-order valence-corrected chi connectivity index (χ0v) is 4.68. The first-order valence-electron chi connectivity index (χ1n) is 1.29. The first kappa shape index (κ1) is 7.38. The van der Waals surface area contributed by atoms with E-state index in [0.29, 0.717) is 0 Å². The molecule has 0 rings (SSSR count). The summed E-state index contributed by atoms with van der Waals surface area (Å²) in [5.41, 5.74) is 4.01. The van der Waals surface area contributed by atoms with E-state index in [-0.39, 0.29) is 0 Å². The number of hydrazine groups is 2. The van der Waals surface area contributed by atoms with Gasteiger partial charge in [-0.15, -0.1) is 21.1 Å². The Labute approximate surface area is 50.4 Å². The molecule has 7 heavy (non-hydrogen) atoms. The molecule has 0 aliphatic rings. The Bertz CT molecular complexity index is 28.9. The SMILES string of the molecule is ClNNONNCl. The van der Waals surface area contributed by atoms with E-state index in [9.17, 15) is 0 Å². The van der Waals surface area contributed by atoms with E-state index >= 15 is 0 Å². The zero-order valence-electron chi connectivity index (χ0n) is 3.16. The summed E-state index contributed by atoms with van der Waals surface area (Å²) >= 11 is 9.68. The maximum absolute atomic E-state index is 4.84. The molecule has 5 nitrogen and oxygen atoms in total. The van der Waals surface area contributed by atoms with Crippen molar-refractivity contribution in [3.63, 3.8) is 0 Å². The number of hydrogen-bond donors (Lipinski definition) is 4. The van der Waals surface area contributed by atoms with Crippen LogP contribution in [0.5, 0.6) is 0 Å². The van der Waals surface area contributed by atoms with Crippen LogP contribution < -0.4 is 21.1 Å². The van der Waals surface area contributed by atoms with E-state index in [1.807, 2.05) is 21.1 Å². The number of rotatable bonds is 4. The Morgan fingerprint density at radius 1 is 1.00 bits per heavy atom. The second-order valence-electron chi connectivity index (χ2n) is 0.495. The smallest absolute Gasteiger partial charge is 0.00668 e. The van der Waals surface area contributed by atoms with Crippen LogP contribution in [0, 0.1) is 0 Å². The van der Waals surface area contributed by atoms with Gasteiger partial charge in [0.2, 0.25) is 0 Å². The predicted octanol–water partition coefficient (Wildman–Crippen LogP) is -0.671. The molecule has 0 saturated carbocycles. The fourth-order valence-electron chi connectivity index (χ4n) is 0.0641. The van der Waals surface area contributed by atoms with Crippen molar-refractivity contribution in [2.45, 2.75) is 0 Å². The third-order valence-electron chi connectivity index (χ3n) is 0.179. The van der Waals surface area contributed by atoms with Gasteiger partial charge < -0.3 is 0 Å². The van der Waals surface area contributed by atoms with E-state index in [4.69, 9.17) is 23.6 Å². The van der Waals surface area contributed by atoms with Crippen molar-refractivity contribution in [3.05, 3.63) is 0 Å². The van der Waals surface area contributed by atoms with Crippen LogP contribution in [0.25, 0.3) is 0 Å². The normalized spacial score (nSPS) is 9.43. The highest BCUT2D eigenvalue weighted by molar-refractivity contribution is 6.13. The topological polar surface area (TPSA) is 57.4 Å². The lowest BCUT2D eigenvalue weighted by atomic mass is 12.6. The minimum Gasteiger partial charge on any atom is -0.182 e. The molecule has 0 unspecified atom stereocenters. The standard InChI is InChI=1S/Cl2H4N4O/c1-3-5-7-6-4-2/h3-6H. The van der Waals surface area contributed by atoms with Crippen molar-refractivity contribution in [3.8, 4) is 0 Å². The molecule has 0 aliphatic heterocycles. The summed E-state index contributed by atoms with van der Waals surface area (Å²) in [5, 5.41) is 0. The molecule has 0 heterocycles. The molecular weight excluding hydrogens is 143 g/mol. The molecule has 4 N–H and O–H groups in total. The lowest BCUT2D eigenvalue weighted by Gasteiger charge is -1.97. The van der Waals surface area contributed by atoms with Gasteiger partial charge in [0, 0.05) is 0 Å². The number of nitrogens with one attached hydrogen (secondary N) is 4. The van der Waals surface area contributed by atoms with Crippen molar-refractivity contribution in [1.82, 2.24) is 21.1 Å². The molecule has 0 aromatic heterocycles. The molecule has 0 aromatic carbocycles. The molecule has 0 fully saturated rings.